The Hall–Kier alpha value is -3.35. The lowest BCUT2D eigenvalue weighted by Crippen LogP contribution is -2.22. The summed E-state index contributed by atoms with van der Waals surface area (Å²) >= 11 is 0. The van der Waals surface area contributed by atoms with Crippen LogP contribution in [0.4, 0.5) is 0 Å². The number of carbonyl (C=O) groups excluding carboxylic acids is 1. The number of carbonyl (C=O) groups is 1. The Morgan fingerprint density at radius 1 is 1.08 bits per heavy atom. The van der Waals surface area contributed by atoms with Crippen LogP contribution in [0.5, 0.6) is 0 Å². The molecule has 7 heteroatoms. The first-order chi connectivity index (χ1) is 12.2. The van der Waals surface area contributed by atoms with E-state index >= 15 is 0 Å². The molecule has 0 aliphatic rings. The zero-order valence-corrected chi connectivity index (χ0v) is 13.4. The maximum absolute atomic E-state index is 12.2. The minimum Gasteiger partial charge on any atom is -0.408 e. The predicted octanol–water partition coefficient (Wildman–Crippen LogP) is 2.49. The molecule has 0 radical (unpaired) electrons. The Labute approximate surface area is 142 Å². The van der Waals surface area contributed by atoms with Crippen molar-refractivity contribution in [2.75, 3.05) is 5.43 Å². The van der Waals surface area contributed by atoms with Gasteiger partial charge in [-0.2, -0.15) is 0 Å². The van der Waals surface area contributed by atoms with Crippen LogP contribution in [0.25, 0.3) is 22.1 Å². The topological polar surface area (TPSA) is 82.1 Å². The first-order valence-electron chi connectivity index (χ1n) is 8.03. The second-order valence-electron chi connectivity index (χ2n) is 5.73. The third-order valence-corrected chi connectivity index (χ3v) is 4.06. The van der Waals surface area contributed by atoms with Gasteiger partial charge in [-0.25, -0.2) is 14.5 Å². The number of para-hydroxylation sites is 4. The highest BCUT2D eigenvalue weighted by atomic mass is 16.4. The zero-order valence-electron chi connectivity index (χ0n) is 13.4. The van der Waals surface area contributed by atoms with Crippen molar-refractivity contribution in [2.45, 2.75) is 19.4 Å². The number of rotatable bonds is 5. The second-order valence-corrected chi connectivity index (χ2v) is 5.73. The van der Waals surface area contributed by atoms with Crippen LogP contribution in [0, 0.1) is 0 Å². The van der Waals surface area contributed by atoms with Crippen LogP contribution in [0.3, 0.4) is 0 Å². The minimum absolute atomic E-state index is 0.135. The van der Waals surface area contributed by atoms with E-state index in [1.165, 1.54) is 0 Å². The molecule has 0 spiro atoms. The molecule has 1 N–H and O–H groups in total. The van der Waals surface area contributed by atoms with Crippen LogP contribution in [0.2, 0.25) is 0 Å². The molecule has 0 unspecified atom stereocenters. The minimum atomic E-state index is -0.401. The monoisotopic (exact) mass is 336 g/mol. The lowest BCUT2D eigenvalue weighted by atomic mass is 10.3. The molecule has 2 aromatic carbocycles. The fraction of sp³-hybridized carbons (Fsp3) is 0.167. The van der Waals surface area contributed by atoms with Crippen molar-refractivity contribution >= 4 is 28.0 Å². The normalized spacial score (nSPS) is 11.2. The lowest BCUT2D eigenvalue weighted by Gasteiger charge is -2.07. The molecule has 0 aliphatic heterocycles. The Morgan fingerprint density at radius 3 is 2.72 bits per heavy atom. The first-order valence-corrected chi connectivity index (χ1v) is 8.03. The average molecular weight is 336 g/mol. The fourth-order valence-electron chi connectivity index (χ4n) is 2.86. The number of fused-ring (bicyclic) bond motifs is 2. The van der Waals surface area contributed by atoms with Crippen LogP contribution >= 0.6 is 0 Å². The van der Waals surface area contributed by atoms with Crippen LogP contribution < -0.4 is 11.2 Å². The molecule has 7 nitrogen and oxygen atoms in total. The standard InChI is InChI=1S/C18H16N4O3/c23-17(20-22-12-19-13-6-1-2-7-14(13)22)10-5-11-21-15-8-3-4-9-16(15)25-18(21)24/h1-4,6-9,12H,5,10-11H2,(H,20,23). The van der Waals surface area contributed by atoms with E-state index in [0.717, 1.165) is 16.6 Å². The molecule has 1 amide bonds. The van der Waals surface area contributed by atoms with E-state index in [2.05, 4.69) is 10.4 Å². The summed E-state index contributed by atoms with van der Waals surface area (Å²) in [6, 6.07) is 14.8. The Morgan fingerprint density at radius 2 is 1.84 bits per heavy atom. The van der Waals surface area contributed by atoms with Crippen molar-refractivity contribution in [3.8, 4) is 0 Å². The molecule has 0 aliphatic carbocycles. The van der Waals surface area contributed by atoms with E-state index in [0.29, 0.717) is 25.0 Å². The molecule has 4 aromatic rings. The van der Waals surface area contributed by atoms with E-state index in [9.17, 15) is 9.59 Å². The van der Waals surface area contributed by atoms with Gasteiger partial charge in [-0.3, -0.25) is 14.8 Å². The van der Waals surface area contributed by atoms with Crippen LogP contribution in [-0.4, -0.2) is 20.1 Å². The van der Waals surface area contributed by atoms with Crippen molar-refractivity contribution in [1.82, 2.24) is 14.2 Å². The quantitative estimate of drug-likeness (QED) is 0.607. The third-order valence-electron chi connectivity index (χ3n) is 4.06. The number of imidazole rings is 1. The number of amides is 1. The number of hydrogen-bond donors (Lipinski definition) is 1. The van der Waals surface area contributed by atoms with E-state index in [1.54, 1.807) is 21.6 Å². The number of aromatic nitrogens is 3. The summed E-state index contributed by atoms with van der Waals surface area (Å²) < 4.78 is 8.34. The van der Waals surface area contributed by atoms with Crippen molar-refractivity contribution < 1.29 is 9.21 Å². The molecule has 0 bridgehead atoms. The summed E-state index contributed by atoms with van der Waals surface area (Å²) in [5.74, 6) is -0.536. The SMILES string of the molecule is O=C(CCCn1c(=O)oc2ccccc21)Nn1cnc2ccccc21. The highest BCUT2D eigenvalue weighted by Crippen LogP contribution is 2.13. The summed E-state index contributed by atoms with van der Waals surface area (Å²) in [7, 11) is 0. The molecule has 0 atom stereocenters. The predicted molar refractivity (Wildman–Crippen MR) is 93.8 cm³/mol. The van der Waals surface area contributed by atoms with Crippen molar-refractivity contribution in [2.24, 2.45) is 0 Å². The lowest BCUT2D eigenvalue weighted by molar-refractivity contribution is -0.117. The summed E-state index contributed by atoms with van der Waals surface area (Å²) in [6.45, 7) is 0.425. The smallest absolute Gasteiger partial charge is 0.408 e. The Bertz CT molecular complexity index is 1110. The van der Waals surface area contributed by atoms with Gasteiger partial charge in [-0.1, -0.05) is 24.3 Å². The van der Waals surface area contributed by atoms with Gasteiger partial charge in [-0.15, -0.1) is 0 Å². The molecule has 0 saturated carbocycles. The summed E-state index contributed by atoms with van der Waals surface area (Å²) in [5, 5.41) is 0. The van der Waals surface area contributed by atoms with Gasteiger partial charge in [0, 0.05) is 13.0 Å². The maximum Gasteiger partial charge on any atom is 0.419 e. The van der Waals surface area contributed by atoms with E-state index in [4.69, 9.17) is 4.42 Å². The maximum atomic E-state index is 12.2. The van der Waals surface area contributed by atoms with Crippen molar-refractivity contribution in [3.63, 3.8) is 0 Å². The van der Waals surface area contributed by atoms with Crippen LogP contribution in [0.15, 0.2) is 64.1 Å². The van der Waals surface area contributed by atoms with Crippen molar-refractivity contribution in [1.29, 1.82) is 0 Å². The number of oxazole rings is 1. The molecule has 0 fully saturated rings. The average Bonchev–Trinajstić information content (AvgIpc) is 3.16. The van der Waals surface area contributed by atoms with Gasteiger partial charge in [-0.05, 0) is 30.7 Å². The highest BCUT2D eigenvalue weighted by molar-refractivity contribution is 5.86. The molecule has 25 heavy (non-hydrogen) atoms. The Kier molecular flexibility index (Phi) is 3.81. The van der Waals surface area contributed by atoms with Gasteiger partial charge in [0.05, 0.1) is 16.6 Å². The van der Waals surface area contributed by atoms with Crippen LogP contribution in [-0.2, 0) is 11.3 Å². The zero-order chi connectivity index (χ0) is 17.2. The van der Waals surface area contributed by atoms with E-state index < -0.39 is 5.76 Å². The molecule has 0 saturated heterocycles. The molecular formula is C18H16N4O3. The molecule has 2 aromatic heterocycles. The number of benzene rings is 2. The van der Waals surface area contributed by atoms with Gasteiger partial charge in [0.15, 0.2) is 5.58 Å². The number of nitrogens with one attached hydrogen (secondary N) is 1. The van der Waals surface area contributed by atoms with Crippen LogP contribution in [0.1, 0.15) is 12.8 Å². The molecular weight excluding hydrogens is 320 g/mol. The summed E-state index contributed by atoms with van der Waals surface area (Å²) in [5.41, 5.74) is 5.76. The number of aryl methyl sites for hydroxylation is 1. The van der Waals surface area contributed by atoms with Gasteiger partial charge in [0.2, 0.25) is 5.91 Å². The molecule has 126 valence electrons. The van der Waals surface area contributed by atoms with Crippen molar-refractivity contribution in [3.05, 3.63) is 65.4 Å². The summed E-state index contributed by atoms with van der Waals surface area (Å²) in [6.07, 6.45) is 2.40. The van der Waals surface area contributed by atoms with Gasteiger partial charge in [0.1, 0.15) is 6.33 Å². The fourth-order valence-corrected chi connectivity index (χ4v) is 2.86. The van der Waals surface area contributed by atoms with E-state index in [1.807, 2.05) is 42.5 Å². The van der Waals surface area contributed by atoms with Gasteiger partial charge >= 0.3 is 5.76 Å². The number of hydrogen-bond acceptors (Lipinski definition) is 4. The third kappa shape index (κ3) is 2.91. The molecule has 2 heterocycles. The second kappa shape index (κ2) is 6.27. The Balaban J connectivity index is 1.40. The summed E-state index contributed by atoms with van der Waals surface area (Å²) in [4.78, 5) is 28.3. The van der Waals surface area contributed by atoms with E-state index in [-0.39, 0.29) is 5.91 Å². The number of nitrogens with zero attached hydrogens (tertiary/aromatic N) is 3. The highest BCUT2D eigenvalue weighted by Gasteiger charge is 2.10. The van der Waals surface area contributed by atoms with Gasteiger partial charge < -0.3 is 4.42 Å². The van der Waals surface area contributed by atoms with Gasteiger partial charge in [0.25, 0.3) is 0 Å². The first kappa shape index (κ1) is 15.2. The largest absolute Gasteiger partial charge is 0.419 e. The molecule has 4 rings (SSSR count).